The molecule has 6 nitrogen and oxygen atoms in total. The zero-order valence-corrected chi connectivity index (χ0v) is 13.8. The van der Waals surface area contributed by atoms with Gasteiger partial charge in [-0.2, -0.15) is 0 Å². The van der Waals surface area contributed by atoms with Gasteiger partial charge >= 0.3 is 0 Å². The molecule has 1 aromatic carbocycles. The molecule has 0 spiro atoms. The number of aromatic nitrogens is 2. The normalized spacial score (nSPS) is 13.1. The molecule has 1 aromatic heterocycles. The molecule has 2 N–H and O–H groups in total. The average Bonchev–Trinajstić information content (AvgIpc) is 2.84. The summed E-state index contributed by atoms with van der Waals surface area (Å²) in [5.74, 6) is 0. The van der Waals surface area contributed by atoms with Gasteiger partial charge in [-0.25, -0.2) is 8.42 Å². The monoisotopic (exact) mass is 326 g/mol. The largest absolute Gasteiger partial charge is 0.310 e. The van der Waals surface area contributed by atoms with Crippen LogP contribution in [-0.4, -0.2) is 25.2 Å². The van der Waals surface area contributed by atoms with E-state index in [1.165, 1.54) is 11.3 Å². The third kappa shape index (κ3) is 3.99. The highest BCUT2D eigenvalue weighted by molar-refractivity contribution is 7.93. The van der Waals surface area contributed by atoms with Crippen LogP contribution < -0.4 is 10.0 Å². The summed E-state index contributed by atoms with van der Waals surface area (Å²) in [4.78, 5) is 0.220. The van der Waals surface area contributed by atoms with E-state index >= 15 is 0 Å². The van der Waals surface area contributed by atoms with Gasteiger partial charge in [-0.15, -0.1) is 10.2 Å². The summed E-state index contributed by atoms with van der Waals surface area (Å²) in [6.07, 6.45) is 0. The Kier molecular flexibility index (Phi) is 4.92. The Morgan fingerprint density at radius 1 is 1.33 bits per heavy atom. The Morgan fingerprint density at radius 2 is 2.10 bits per heavy atom. The third-order valence-corrected chi connectivity index (χ3v) is 5.15. The van der Waals surface area contributed by atoms with E-state index in [0.29, 0.717) is 5.01 Å². The van der Waals surface area contributed by atoms with Crippen LogP contribution in [-0.2, 0) is 10.0 Å². The topological polar surface area (TPSA) is 84.0 Å². The maximum atomic E-state index is 12.4. The minimum atomic E-state index is -3.64. The number of benzene rings is 1. The van der Waals surface area contributed by atoms with Crippen LogP contribution in [0.25, 0.3) is 0 Å². The first-order valence-electron chi connectivity index (χ1n) is 6.58. The maximum absolute atomic E-state index is 12.4. The average molecular weight is 326 g/mol. The van der Waals surface area contributed by atoms with Gasteiger partial charge in [0.15, 0.2) is 0 Å². The molecule has 1 heterocycles. The summed E-state index contributed by atoms with van der Waals surface area (Å²) in [6.45, 7) is 6.60. The van der Waals surface area contributed by atoms with Crippen molar-refractivity contribution in [3.8, 4) is 0 Å². The molecule has 2 aromatic rings. The smallest absolute Gasteiger partial charge is 0.263 e. The molecule has 0 bridgehead atoms. The maximum Gasteiger partial charge on any atom is 0.263 e. The van der Waals surface area contributed by atoms with Crippen LogP contribution in [0.3, 0.4) is 0 Å². The fourth-order valence-corrected chi connectivity index (χ4v) is 3.76. The molecular formula is C13H18N4O2S2. The van der Waals surface area contributed by atoms with Crippen molar-refractivity contribution < 1.29 is 8.42 Å². The molecule has 114 valence electrons. The quantitative estimate of drug-likeness (QED) is 0.851. The second kappa shape index (κ2) is 6.50. The zero-order valence-electron chi connectivity index (χ0n) is 12.1. The van der Waals surface area contributed by atoms with Crippen LogP contribution in [0, 0.1) is 6.92 Å². The van der Waals surface area contributed by atoms with Crippen molar-refractivity contribution in [2.75, 3.05) is 11.3 Å². The van der Waals surface area contributed by atoms with Gasteiger partial charge in [-0.1, -0.05) is 30.4 Å². The Morgan fingerprint density at radius 3 is 2.71 bits per heavy atom. The molecule has 1 unspecified atom stereocenters. The van der Waals surface area contributed by atoms with Crippen LogP contribution in [0.4, 0.5) is 5.13 Å². The van der Waals surface area contributed by atoms with Gasteiger partial charge in [0.2, 0.25) is 5.13 Å². The van der Waals surface area contributed by atoms with Crippen LogP contribution in [0.5, 0.6) is 0 Å². The lowest BCUT2D eigenvalue weighted by Gasteiger charge is -2.14. The molecule has 2 rings (SSSR count). The summed E-state index contributed by atoms with van der Waals surface area (Å²) in [6, 6.07) is 6.97. The van der Waals surface area contributed by atoms with Crippen LogP contribution in [0.15, 0.2) is 29.2 Å². The van der Waals surface area contributed by atoms with E-state index < -0.39 is 10.0 Å². The van der Waals surface area contributed by atoms with Gasteiger partial charge in [0.25, 0.3) is 10.0 Å². The zero-order chi connectivity index (χ0) is 15.5. The van der Waals surface area contributed by atoms with Gasteiger partial charge in [0.05, 0.1) is 4.90 Å². The second-order valence-corrected chi connectivity index (χ2v) is 7.45. The second-order valence-electron chi connectivity index (χ2n) is 4.58. The number of anilines is 1. The summed E-state index contributed by atoms with van der Waals surface area (Å²) >= 11 is 1.20. The standard InChI is InChI=1S/C13H18N4O2S2/c1-4-14-9(2)11-6-5-7-12(8-11)21(18,19)17-13-16-15-10(3)20-13/h5-9,14H,4H2,1-3H3,(H,16,17). The minimum absolute atomic E-state index is 0.0916. The highest BCUT2D eigenvalue weighted by Gasteiger charge is 2.17. The van der Waals surface area contributed by atoms with Crippen LogP contribution in [0.2, 0.25) is 0 Å². The summed E-state index contributed by atoms with van der Waals surface area (Å²) in [7, 11) is -3.64. The van der Waals surface area contributed by atoms with Crippen LogP contribution >= 0.6 is 11.3 Å². The van der Waals surface area contributed by atoms with Crippen molar-refractivity contribution in [3.63, 3.8) is 0 Å². The molecule has 0 aliphatic heterocycles. The summed E-state index contributed by atoms with van der Waals surface area (Å²) in [5.41, 5.74) is 0.924. The first kappa shape index (κ1) is 15.9. The molecule has 0 aliphatic rings. The first-order chi connectivity index (χ1) is 9.92. The van der Waals surface area contributed by atoms with Gasteiger partial charge in [-0.3, -0.25) is 4.72 Å². The highest BCUT2D eigenvalue weighted by Crippen LogP contribution is 2.21. The minimum Gasteiger partial charge on any atom is -0.310 e. The molecule has 0 amide bonds. The van der Waals surface area contributed by atoms with Crippen molar-refractivity contribution in [1.82, 2.24) is 15.5 Å². The predicted molar refractivity (Wildman–Crippen MR) is 84.0 cm³/mol. The molecule has 0 fully saturated rings. The number of nitrogens with zero attached hydrogens (tertiary/aromatic N) is 2. The van der Waals surface area contributed by atoms with Crippen molar-refractivity contribution in [2.24, 2.45) is 0 Å². The van der Waals surface area contributed by atoms with Gasteiger partial charge < -0.3 is 5.32 Å². The third-order valence-electron chi connectivity index (χ3n) is 2.93. The van der Waals surface area contributed by atoms with E-state index in [9.17, 15) is 8.42 Å². The fourth-order valence-electron chi connectivity index (χ4n) is 1.89. The lowest BCUT2D eigenvalue weighted by molar-refractivity contribution is 0.592. The number of hydrogen-bond donors (Lipinski definition) is 2. The van der Waals surface area contributed by atoms with Gasteiger partial charge in [0, 0.05) is 6.04 Å². The SMILES string of the molecule is CCNC(C)c1cccc(S(=O)(=O)Nc2nnc(C)s2)c1. The Labute approximate surface area is 128 Å². The van der Waals surface area contributed by atoms with Crippen molar-refractivity contribution in [2.45, 2.75) is 31.7 Å². The van der Waals surface area contributed by atoms with E-state index in [2.05, 4.69) is 20.2 Å². The van der Waals surface area contributed by atoms with E-state index in [1.807, 2.05) is 19.9 Å². The Bertz CT molecular complexity index is 712. The Hall–Kier alpha value is -1.51. The molecule has 0 saturated heterocycles. The molecule has 8 heteroatoms. The number of aryl methyl sites for hydroxylation is 1. The Balaban J connectivity index is 2.25. The van der Waals surface area contributed by atoms with Crippen molar-refractivity contribution in [3.05, 3.63) is 34.8 Å². The molecular weight excluding hydrogens is 308 g/mol. The van der Waals surface area contributed by atoms with Crippen molar-refractivity contribution in [1.29, 1.82) is 0 Å². The number of sulfonamides is 1. The first-order valence-corrected chi connectivity index (χ1v) is 8.88. The lowest BCUT2D eigenvalue weighted by atomic mass is 10.1. The molecule has 21 heavy (non-hydrogen) atoms. The van der Waals surface area contributed by atoms with Gasteiger partial charge in [-0.05, 0) is 38.1 Å². The number of hydrogen-bond acceptors (Lipinski definition) is 6. The van der Waals surface area contributed by atoms with Crippen LogP contribution in [0.1, 0.15) is 30.5 Å². The summed E-state index contributed by atoms with van der Waals surface area (Å²) in [5, 5.41) is 11.8. The number of nitrogens with one attached hydrogen (secondary N) is 2. The molecule has 1 atom stereocenters. The molecule has 0 saturated carbocycles. The van der Waals surface area contributed by atoms with E-state index in [1.54, 1.807) is 25.1 Å². The summed E-state index contributed by atoms with van der Waals surface area (Å²) < 4.78 is 27.2. The highest BCUT2D eigenvalue weighted by atomic mass is 32.2. The van der Waals surface area contributed by atoms with Crippen molar-refractivity contribution >= 4 is 26.5 Å². The molecule has 0 radical (unpaired) electrons. The van der Waals surface area contributed by atoms with E-state index in [0.717, 1.165) is 12.1 Å². The lowest BCUT2D eigenvalue weighted by Crippen LogP contribution is -2.18. The predicted octanol–water partition coefficient (Wildman–Crippen LogP) is 2.32. The van der Waals surface area contributed by atoms with E-state index in [-0.39, 0.29) is 16.1 Å². The van der Waals surface area contributed by atoms with Gasteiger partial charge in [0.1, 0.15) is 5.01 Å². The molecule has 0 aliphatic carbocycles. The fraction of sp³-hybridized carbons (Fsp3) is 0.385. The number of rotatable bonds is 6. The van der Waals surface area contributed by atoms with E-state index in [4.69, 9.17) is 0 Å².